The number of carbonyl (C=O) groups excluding carboxylic acids is 1. The van der Waals surface area contributed by atoms with Gasteiger partial charge in [0.1, 0.15) is 0 Å². The van der Waals surface area contributed by atoms with Crippen LogP contribution < -0.4 is 5.32 Å². The second kappa shape index (κ2) is 7.69. The highest BCUT2D eigenvalue weighted by atomic mass is 35.5. The summed E-state index contributed by atoms with van der Waals surface area (Å²) in [5, 5.41) is 4.51. The van der Waals surface area contributed by atoms with E-state index in [-0.39, 0.29) is 5.91 Å². The first-order chi connectivity index (χ1) is 10.0. The summed E-state index contributed by atoms with van der Waals surface area (Å²) in [6, 6.07) is 12.6. The summed E-state index contributed by atoms with van der Waals surface area (Å²) in [6.07, 6.45) is 2.04. The van der Waals surface area contributed by atoms with E-state index >= 15 is 0 Å². The van der Waals surface area contributed by atoms with E-state index in [1.807, 2.05) is 24.3 Å². The first-order valence-corrected chi connectivity index (χ1v) is 7.67. The molecule has 0 saturated carbocycles. The quantitative estimate of drug-likeness (QED) is 0.752. The molecule has 0 heterocycles. The van der Waals surface area contributed by atoms with Crippen molar-refractivity contribution in [2.75, 3.05) is 5.32 Å². The number of aryl methyl sites for hydroxylation is 1. The lowest BCUT2D eigenvalue weighted by Crippen LogP contribution is -2.11. The Hall–Kier alpha value is -1.22. The number of rotatable bonds is 5. The molecule has 0 aromatic heterocycles. The van der Waals surface area contributed by atoms with Crippen molar-refractivity contribution in [3.05, 3.63) is 63.1 Å². The standard InChI is InChI=1S/C16H14Cl3NO/c17-12-6-4-11(5-7-12)2-1-3-16(21)20-15-9-13(18)8-14(19)10-15/h4-10H,1-3H2,(H,20,21). The summed E-state index contributed by atoms with van der Waals surface area (Å²) < 4.78 is 0. The molecule has 0 aliphatic rings. The summed E-state index contributed by atoms with van der Waals surface area (Å²) >= 11 is 17.6. The van der Waals surface area contributed by atoms with E-state index in [0.29, 0.717) is 27.2 Å². The molecular formula is C16H14Cl3NO. The second-order valence-corrected chi connectivity index (χ2v) is 6.00. The second-order valence-electron chi connectivity index (χ2n) is 4.69. The molecular weight excluding hydrogens is 329 g/mol. The van der Waals surface area contributed by atoms with Gasteiger partial charge in [-0.2, -0.15) is 0 Å². The van der Waals surface area contributed by atoms with E-state index < -0.39 is 0 Å². The monoisotopic (exact) mass is 341 g/mol. The highest BCUT2D eigenvalue weighted by molar-refractivity contribution is 6.35. The zero-order valence-electron chi connectivity index (χ0n) is 11.2. The lowest BCUT2D eigenvalue weighted by Gasteiger charge is -2.06. The molecule has 0 aliphatic heterocycles. The molecule has 0 aliphatic carbocycles. The van der Waals surface area contributed by atoms with Gasteiger partial charge in [-0.15, -0.1) is 0 Å². The van der Waals surface area contributed by atoms with Crippen molar-refractivity contribution < 1.29 is 4.79 Å². The molecule has 2 nitrogen and oxygen atoms in total. The Morgan fingerprint density at radius 1 is 0.905 bits per heavy atom. The molecule has 5 heteroatoms. The van der Waals surface area contributed by atoms with Crippen molar-refractivity contribution in [1.82, 2.24) is 0 Å². The van der Waals surface area contributed by atoms with Crippen LogP contribution in [-0.2, 0) is 11.2 Å². The van der Waals surface area contributed by atoms with Gasteiger partial charge in [-0.05, 0) is 48.7 Å². The van der Waals surface area contributed by atoms with E-state index in [1.54, 1.807) is 18.2 Å². The molecule has 2 aromatic carbocycles. The van der Waals surface area contributed by atoms with Crippen LogP contribution in [0.15, 0.2) is 42.5 Å². The summed E-state index contributed by atoms with van der Waals surface area (Å²) in [5.74, 6) is -0.0534. The van der Waals surface area contributed by atoms with Crippen LogP contribution in [0, 0.1) is 0 Å². The van der Waals surface area contributed by atoms with E-state index in [1.165, 1.54) is 0 Å². The smallest absolute Gasteiger partial charge is 0.224 e. The SMILES string of the molecule is O=C(CCCc1ccc(Cl)cc1)Nc1cc(Cl)cc(Cl)c1. The van der Waals surface area contributed by atoms with Gasteiger partial charge in [0, 0.05) is 27.2 Å². The maximum Gasteiger partial charge on any atom is 0.224 e. The predicted octanol–water partition coefficient (Wildman–Crippen LogP) is 5.61. The van der Waals surface area contributed by atoms with Crippen LogP contribution in [0.2, 0.25) is 15.1 Å². The Bertz CT molecular complexity index is 606. The van der Waals surface area contributed by atoms with Gasteiger partial charge in [-0.1, -0.05) is 46.9 Å². The lowest BCUT2D eigenvalue weighted by molar-refractivity contribution is -0.116. The van der Waals surface area contributed by atoms with Crippen LogP contribution >= 0.6 is 34.8 Å². The van der Waals surface area contributed by atoms with Gasteiger partial charge in [0.25, 0.3) is 0 Å². The van der Waals surface area contributed by atoms with E-state index in [4.69, 9.17) is 34.8 Å². The van der Waals surface area contributed by atoms with Crippen molar-refractivity contribution >= 4 is 46.4 Å². The predicted molar refractivity (Wildman–Crippen MR) is 89.5 cm³/mol. The normalized spacial score (nSPS) is 10.4. The van der Waals surface area contributed by atoms with Crippen molar-refractivity contribution in [3.63, 3.8) is 0 Å². The highest BCUT2D eigenvalue weighted by Crippen LogP contribution is 2.22. The summed E-state index contributed by atoms with van der Waals surface area (Å²) in [4.78, 5) is 11.9. The third-order valence-corrected chi connectivity index (χ3v) is 3.62. The fourth-order valence-electron chi connectivity index (χ4n) is 1.95. The van der Waals surface area contributed by atoms with E-state index in [2.05, 4.69) is 5.32 Å². The number of benzene rings is 2. The van der Waals surface area contributed by atoms with Crippen molar-refractivity contribution in [3.8, 4) is 0 Å². The third-order valence-electron chi connectivity index (χ3n) is 2.93. The minimum absolute atomic E-state index is 0.0534. The van der Waals surface area contributed by atoms with Crippen molar-refractivity contribution in [2.24, 2.45) is 0 Å². The van der Waals surface area contributed by atoms with Crippen LogP contribution in [0.25, 0.3) is 0 Å². The number of halogens is 3. The molecule has 2 rings (SSSR count). The average Bonchev–Trinajstić information content (AvgIpc) is 2.39. The number of anilines is 1. The topological polar surface area (TPSA) is 29.1 Å². The Kier molecular flexibility index (Phi) is 5.92. The molecule has 110 valence electrons. The lowest BCUT2D eigenvalue weighted by atomic mass is 10.1. The van der Waals surface area contributed by atoms with Crippen LogP contribution in [-0.4, -0.2) is 5.91 Å². The molecule has 2 aromatic rings. The molecule has 1 N–H and O–H groups in total. The molecule has 0 radical (unpaired) electrons. The van der Waals surface area contributed by atoms with E-state index in [9.17, 15) is 4.79 Å². The number of hydrogen-bond donors (Lipinski definition) is 1. The van der Waals surface area contributed by atoms with Gasteiger partial charge in [-0.25, -0.2) is 0 Å². The highest BCUT2D eigenvalue weighted by Gasteiger charge is 2.04. The van der Waals surface area contributed by atoms with E-state index in [0.717, 1.165) is 18.4 Å². The van der Waals surface area contributed by atoms with Crippen molar-refractivity contribution in [1.29, 1.82) is 0 Å². The Labute approximate surface area is 139 Å². The number of carbonyl (C=O) groups is 1. The number of amides is 1. The van der Waals surface area contributed by atoms with Crippen LogP contribution in [0.5, 0.6) is 0 Å². The van der Waals surface area contributed by atoms with Gasteiger partial charge < -0.3 is 5.32 Å². The number of nitrogens with one attached hydrogen (secondary N) is 1. The fraction of sp³-hybridized carbons (Fsp3) is 0.188. The summed E-state index contributed by atoms with van der Waals surface area (Å²) in [6.45, 7) is 0. The maximum atomic E-state index is 11.9. The van der Waals surface area contributed by atoms with Crippen LogP contribution in [0.4, 0.5) is 5.69 Å². The van der Waals surface area contributed by atoms with Gasteiger partial charge in [-0.3, -0.25) is 4.79 Å². The molecule has 1 amide bonds. The zero-order chi connectivity index (χ0) is 15.2. The van der Waals surface area contributed by atoms with Crippen LogP contribution in [0.3, 0.4) is 0 Å². The number of hydrogen-bond acceptors (Lipinski definition) is 1. The zero-order valence-corrected chi connectivity index (χ0v) is 13.5. The van der Waals surface area contributed by atoms with Crippen LogP contribution in [0.1, 0.15) is 18.4 Å². The Morgan fingerprint density at radius 2 is 1.52 bits per heavy atom. The molecule has 0 fully saturated rings. The average molecular weight is 343 g/mol. The van der Waals surface area contributed by atoms with Gasteiger partial charge in [0.2, 0.25) is 5.91 Å². The third kappa shape index (κ3) is 5.58. The summed E-state index contributed by atoms with van der Waals surface area (Å²) in [7, 11) is 0. The van der Waals surface area contributed by atoms with Crippen molar-refractivity contribution in [2.45, 2.75) is 19.3 Å². The van der Waals surface area contributed by atoms with Gasteiger partial charge >= 0.3 is 0 Å². The molecule has 0 unspecified atom stereocenters. The minimum Gasteiger partial charge on any atom is -0.326 e. The Morgan fingerprint density at radius 3 is 2.14 bits per heavy atom. The Balaban J connectivity index is 1.80. The fourth-order valence-corrected chi connectivity index (χ4v) is 2.61. The first kappa shape index (κ1) is 16.2. The molecule has 0 atom stereocenters. The summed E-state index contributed by atoms with van der Waals surface area (Å²) in [5.41, 5.74) is 1.78. The molecule has 0 bridgehead atoms. The molecule has 21 heavy (non-hydrogen) atoms. The maximum absolute atomic E-state index is 11.9. The molecule has 0 saturated heterocycles. The first-order valence-electron chi connectivity index (χ1n) is 6.53. The van der Waals surface area contributed by atoms with Gasteiger partial charge in [0.05, 0.1) is 0 Å². The largest absolute Gasteiger partial charge is 0.326 e. The molecule has 0 spiro atoms. The minimum atomic E-state index is -0.0534. The van der Waals surface area contributed by atoms with Gasteiger partial charge in [0.15, 0.2) is 0 Å².